The molecule has 0 amide bonds. The lowest BCUT2D eigenvalue weighted by atomic mass is 10.4. The lowest BCUT2D eigenvalue weighted by Gasteiger charge is -2.14. The molecule has 1 N–H and O–H groups in total. The second kappa shape index (κ2) is 5.98. The minimum absolute atomic E-state index is 0.426. The highest BCUT2D eigenvalue weighted by atomic mass is 79.9. The van der Waals surface area contributed by atoms with E-state index in [2.05, 4.69) is 55.3 Å². The van der Waals surface area contributed by atoms with E-state index in [1.54, 1.807) is 6.20 Å². The monoisotopic (exact) mass is 338 g/mol. The molecule has 1 unspecified atom stereocenters. The molecule has 0 radical (unpaired) electrons. The average Bonchev–Trinajstić information content (AvgIpc) is 2.10. The number of halogens is 2. The quantitative estimate of drug-likeness (QED) is 0.903. The number of nitrogens with zero attached hydrogens (tertiary/aromatic N) is 1. The fourth-order valence-corrected chi connectivity index (χ4v) is 2.73. The Kier molecular flexibility index (Phi) is 5.26. The van der Waals surface area contributed by atoms with E-state index in [1.165, 1.54) is 0 Å². The van der Waals surface area contributed by atoms with Crippen molar-refractivity contribution < 1.29 is 0 Å². The zero-order valence-electron chi connectivity index (χ0n) is 8.05. The van der Waals surface area contributed by atoms with Crippen molar-refractivity contribution in [2.75, 3.05) is 17.3 Å². The van der Waals surface area contributed by atoms with Crippen LogP contribution in [0.5, 0.6) is 0 Å². The summed E-state index contributed by atoms with van der Waals surface area (Å²) in [5, 5.41) is 3.34. The third-order valence-electron chi connectivity index (χ3n) is 1.61. The van der Waals surface area contributed by atoms with Crippen molar-refractivity contribution in [3.63, 3.8) is 0 Å². The largest absolute Gasteiger partial charge is 0.366 e. The van der Waals surface area contributed by atoms with Crippen LogP contribution in [0, 0.1) is 0 Å². The van der Waals surface area contributed by atoms with E-state index in [4.69, 9.17) is 0 Å². The second-order valence-corrected chi connectivity index (χ2v) is 5.67. The molecule has 0 aromatic carbocycles. The standard InChI is InChI=1S/C9H12Br2N2S/c1-6(5-14-2)13-9-8(11)3-7(10)4-12-9/h3-4,6H,5H2,1-2H3,(H,12,13). The molecule has 1 atom stereocenters. The summed E-state index contributed by atoms with van der Waals surface area (Å²) in [4.78, 5) is 4.29. The van der Waals surface area contributed by atoms with Gasteiger partial charge in [0.1, 0.15) is 5.82 Å². The molecule has 2 nitrogen and oxygen atoms in total. The molecule has 78 valence electrons. The van der Waals surface area contributed by atoms with Gasteiger partial charge in [-0.05, 0) is 51.1 Å². The molecule has 5 heteroatoms. The van der Waals surface area contributed by atoms with Gasteiger partial charge in [-0.15, -0.1) is 0 Å². The number of thioether (sulfide) groups is 1. The first-order chi connectivity index (χ1) is 6.63. The van der Waals surface area contributed by atoms with Crippen LogP contribution in [-0.2, 0) is 0 Å². The summed E-state index contributed by atoms with van der Waals surface area (Å²) in [6.45, 7) is 2.15. The fourth-order valence-electron chi connectivity index (χ4n) is 1.05. The van der Waals surface area contributed by atoms with Gasteiger partial charge in [0.15, 0.2) is 0 Å². The summed E-state index contributed by atoms with van der Waals surface area (Å²) < 4.78 is 1.97. The molecule has 14 heavy (non-hydrogen) atoms. The van der Waals surface area contributed by atoms with Crippen molar-refractivity contribution in [2.45, 2.75) is 13.0 Å². The summed E-state index contributed by atoms with van der Waals surface area (Å²) in [6, 6.07) is 2.41. The van der Waals surface area contributed by atoms with E-state index in [0.29, 0.717) is 6.04 Å². The molecule has 0 bridgehead atoms. The summed E-state index contributed by atoms with van der Waals surface area (Å²) in [5.41, 5.74) is 0. The molecule has 0 fully saturated rings. The molecule has 1 aromatic rings. The van der Waals surface area contributed by atoms with Crippen LogP contribution in [0.15, 0.2) is 21.2 Å². The summed E-state index contributed by atoms with van der Waals surface area (Å²) in [5.74, 6) is 1.97. The zero-order chi connectivity index (χ0) is 10.6. The van der Waals surface area contributed by atoms with E-state index in [-0.39, 0.29) is 0 Å². The maximum Gasteiger partial charge on any atom is 0.140 e. The van der Waals surface area contributed by atoms with E-state index in [9.17, 15) is 0 Å². The van der Waals surface area contributed by atoms with Crippen LogP contribution in [0.25, 0.3) is 0 Å². The highest BCUT2D eigenvalue weighted by Crippen LogP contribution is 2.24. The molecular weight excluding hydrogens is 328 g/mol. The molecule has 0 spiro atoms. The Bertz CT molecular complexity index is 307. The van der Waals surface area contributed by atoms with Crippen molar-refractivity contribution >= 4 is 49.4 Å². The summed E-state index contributed by atoms with van der Waals surface area (Å²) in [6.07, 6.45) is 3.89. The van der Waals surface area contributed by atoms with Gasteiger partial charge in [-0.1, -0.05) is 0 Å². The van der Waals surface area contributed by atoms with Gasteiger partial charge in [0, 0.05) is 22.5 Å². The molecule has 1 rings (SSSR count). The molecule has 1 heterocycles. The number of nitrogens with one attached hydrogen (secondary N) is 1. The zero-order valence-corrected chi connectivity index (χ0v) is 12.0. The van der Waals surface area contributed by atoms with Crippen LogP contribution < -0.4 is 5.32 Å². The predicted octanol–water partition coefficient (Wildman–Crippen LogP) is 3.77. The molecule has 0 aliphatic carbocycles. The molecular formula is C9H12Br2N2S. The maximum atomic E-state index is 4.29. The number of hydrogen-bond acceptors (Lipinski definition) is 3. The lowest BCUT2D eigenvalue weighted by molar-refractivity contribution is 0.901. The smallest absolute Gasteiger partial charge is 0.140 e. The summed E-state index contributed by atoms with van der Waals surface area (Å²) >= 11 is 8.66. The van der Waals surface area contributed by atoms with Crippen molar-refractivity contribution in [1.82, 2.24) is 4.98 Å². The number of rotatable bonds is 4. The maximum absolute atomic E-state index is 4.29. The second-order valence-electron chi connectivity index (χ2n) is 2.98. The van der Waals surface area contributed by atoms with Gasteiger partial charge in [-0.3, -0.25) is 0 Å². The first-order valence-electron chi connectivity index (χ1n) is 4.20. The number of anilines is 1. The van der Waals surface area contributed by atoms with Gasteiger partial charge in [-0.25, -0.2) is 4.98 Å². The number of pyridine rings is 1. The minimum Gasteiger partial charge on any atom is -0.366 e. The van der Waals surface area contributed by atoms with Crippen LogP contribution in [0.4, 0.5) is 5.82 Å². The summed E-state index contributed by atoms with van der Waals surface area (Å²) in [7, 11) is 0. The van der Waals surface area contributed by atoms with Crippen molar-refractivity contribution in [3.8, 4) is 0 Å². The van der Waals surface area contributed by atoms with Crippen LogP contribution in [-0.4, -0.2) is 23.0 Å². The number of aromatic nitrogens is 1. The minimum atomic E-state index is 0.426. The highest BCUT2D eigenvalue weighted by Gasteiger charge is 2.05. The Morgan fingerprint density at radius 2 is 2.29 bits per heavy atom. The third-order valence-corrected chi connectivity index (χ3v) is 3.48. The molecule has 0 saturated heterocycles. The van der Waals surface area contributed by atoms with Gasteiger partial charge >= 0.3 is 0 Å². The SMILES string of the molecule is CSCC(C)Nc1ncc(Br)cc1Br. The normalized spacial score (nSPS) is 12.6. The first-order valence-corrected chi connectivity index (χ1v) is 7.18. The van der Waals surface area contributed by atoms with Crippen LogP contribution >= 0.6 is 43.6 Å². The van der Waals surface area contributed by atoms with Gasteiger partial charge < -0.3 is 5.32 Å². The number of hydrogen-bond donors (Lipinski definition) is 1. The fraction of sp³-hybridized carbons (Fsp3) is 0.444. The Hall–Kier alpha value is 0.260. The third kappa shape index (κ3) is 3.79. The van der Waals surface area contributed by atoms with Crippen molar-refractivity contribution in [2.24, 2.45) is 0 Å². The Morgan fingerprint density at radius 1 is 1.57 bits per heavy atom. The molecule has 0 saturated carbocycles. The van der Waals surface area contributed by atoms with E-state index in [1.807, 2.05) is 17.8 Å². The van der Waals surface area contributed by atoms with Gasteiger partial charge in [0.25, 0.3) is 0 Å². The van der Waals surface area contributed by atoms with Crippen LogP contribution in [0.3, 0.4) is 0 Å². The van der Waals surface area contributed by atoms with Gasteiger partial charge in [0.2, 0.25) is 0 Å². The van der Waals surface area contributed by atoms with Gasteiger partial charge in [0.05, 0.1) is 4.47 Å². The van der Waals surface area contributed by atoms with E-state index < -0.39 is 0 Å². The predicted molar refractivity (Wildman–Crippen MR) is 71.1 cm³/mol. The molecule has 1 aromatic heterocycles. The van der Waals surface area contributed by atoms with Crippen LogP contribution in [0.2, 0.25) is 0 Å². The highest BCUT2D eigenvalue weighted by molar-refractivity contribution is 9.11. The van der Waals surface area contributed by atoms with E-state index in [0.717, 1.165) is 20.5 Å². The van der Waals surface area contributed by atoms with E-state index >= 15 is 0 Å². The van der Waals surface area contributed by atoms with Crippen LogP contribution in [0.1, 0.15) is 6.92 Å². The lowest BCUT2D eigenvalue weighted by Crippen LogP contribution is -2.18. The van der Waals surface area contributed by atoms with Crippen molar-refractivity contribution in [3.05, 3.63) is 21.2 Å². The topological polar surface area (TPSA) is 24.9 Å². The first kappa shape index (κ1) is 12.3. The Labute approximate surface area is 106 Å². The Balaban J connectivity index is 2.67. The molecule has 0 aliphatic rings. The molecule has 0 aliphatic heterocycles. The van der Waals surface area contributed by atoms with Crippen molar-refractivity contribution in [1.29, 1.82) is 0 Å². The average molecular weight is 340 g/mol. The Morgan fingerprint density at radius 3 is 2.86 bits per heavy atom. The van der Waals surface area contributed by atoms with Gasteiger partial charge in [-0.2, -0.15) is 11.8 Å².